The van der Waals surface area contributed by atoms with E-state index in [0.717, 1.165) is 103 Å². The maximum Gasteiger partial charge on any atom is 0.306 e. The van der Waals surface area contributed by atoms with E-state index < -0.39 is 26.6 Å². The standard InChI is InChI=1S/C75H133N2O7P/c1-7-10-13-16-19-22-25-28-30-32-34-35-36-37-38-39-40-41-43-44-46-49-52-55-58-61-64-67-74(78)76-72(71-83-85(80,81)82-70-69-77(4,5)6)73(66-63-60-57-54-51-48-27-24-21-18-15-12-9-3)84-75(79)68-65-62-59-56-53-50-47-45-42-33-31-29-26-23-20-17-14-11-8-2/h19-20,22-23,28-31,34-35,37-38,42,45,50,53,63,66,72-73H,7-18,21,24-27,32-33,36,39-41,43-44,46-49,51-52,54-62,64-65,67-71H2,1-6H3,(H-,76,78,80,81)/b22-19-,23-20-,30-28-,31-29-,35-34-,38-37-,45-42-,53-50-,66-63-. The minimum atomic E-state index is -4.72. The van der Waals surface area contributed by atoms with Crippen molar-refractivity contribution >= 4 is 19.7 Å². The van der Waals surface area contributed by atoms with Crippen molar-refractivity contribution in [3.05, 3.63) is 109 Å². The van der Waals surface area contributed by atoms with Crippen LogP contribution in [0.15, 0.2) is 109 Å². The van der Waals surface area contributed by atoms with Crippen molar-refractivity contribution in [3.8, 4) is 0 Å². The van der Waals surface area contributed by atoms with Gasteiger partial charge in [-0.15, -0.1) is 0 Å². The van der Waals surface area contributed by atoms with Crippen LogP contribution in [0.3, 0.4) is 0 Å². The maximum atomic E-state index is 13.6. The number of phosphoric acid groups is 1. The number of unbranched alkanes of at least 4 members (excludes halogenated alkanes) is 31. The molecular weight excluding hydrogens is 1070 g/mol. The molecule has 0 bridgehead atoms. The summed E-state index contributed by atoms with van der Waals surface area (Å²) in [6.07, 6.45) is 87.7. The molecule has 490 valence electrons. The smallest absolute Gasteiger partial charge is 0.306 e. The summed E-state index contributed by atoms with van der Waals surface area (Å²) in [6.45, 7) is 6.78. The first kappa shape index (κ1) is 81.7. The Labute approximate surface area is 525 Å². The molecule has 0 spiro atoms. The van der Waals surface area contributed by atoms with Gasteiger partial charge in [-0.25, -0.2) is 0 Å². The van der Waals surface area contributed by atoms with Gasteiger partial charge in [-0.3, -0.25) is 14.2 Å². The summed E-state index contributed by atoms with van der Waals surface area (Å²) in [5, 5.41) is 3.03. The van der Waals surface area contributed by atoms with Crippen LogP contribution in [0.4, 0.5) is 0 Å². The minimum Gasteiger partial charge on any atom is -0.756 e. The molecule has 3 unspecified atom stereocenters. The van der Waals surface area contributed by atoms with E-state index in [9.17, 15) is 19.0 Å². The van der Waals surface area contributed by atoms with Crippen LogP contribution >= 0.6 is 7.82 Å². The van der Waals surface area contributed by atoms with Crippen molar-refractivity contribution in [3.63, 3.8) is 0 Å². The van der Waals surface area contributed by atoms with Crippen molar-refractivity contribution in [2.24, 2.45) is 0 Å². The summed E-state index contributed by atoms with van der Waals surface area (Å²) >= 11 is 0. The van der Waals surface area contributed by atoms with Crippen LogP contribution in [-0.4, -0.2) is 69.4 Å². The van der Waals surface area contributed by atoms with Gasteiger partial charge in [-0.1, -0.05) is 278 Å². The van der Waals surface area contributed by atoms with Crippen LogP contribution in [0, 0.1) is 0 Å². The van der Waals surface area contributed by atoms with Gasteiger partial charge in [0.15, 0.2) is 0 Å². The second kappa shape index (κ2) is 63.7. The first-order valence-electron chi connectivity index (χ1n) is 35.2. The lowest BCUT2D eigenvalue weighted by atomic mass is 10.0. The molecule has 0 saturated carbocycles. The lowest BCUT2D eigenvalue weighted by Gasteiger charge is -2.30. The summed E-state index contributed by atoms with van der Waals surface area (Å²) < 4.78 is 30.4. The molecule has 85 heavy (non-hydrogen) atoms. The molecule has 0 fully saturated rings. The van der Waals surface area contributed by atoms with Crippen molar-refractivity contribution in [2.45, 2.75) is 315 Å². The Morgan fingerprint density at radius 3 is 1.11 bits per heavy atom. The molecule has 0 aliphatic heterocycles. The number of likely N-dealkylation sites (N-methyl/N-ethyl adjacent to an activating group) is 1. The normalized spacial score (nSPS) is 14.2. The minimum absolute atomic E-state index is 0.0329. The van der Waals surface area contributed by atoms with Gasteiger partial charge >= 0.3 is 5.97 Å². The van der Waals surface area contributed by atoms with Gasteiger partial charge in [0, 0.05) is 12.8 Å². The van der Waals surface area contributed by atoms with Gasteiger partial charge in [0.2, 0.25) is 5.91 Å². The van der Waals surface area contributed by atoms with Gasteiger partial charge in [0.25, 0.3) is 7.82 Å². The van der Waals surface area contributed by atoms with E-state index >= 15 is 0 Å². The number of hydrogen-bond acceptors (Lipinski definition) is 7. The summed E-state index contributed by atoms with van der Waals surface area (Å²) in [4.78, 5) is 40.2. The Balaban J connectivity index is 5.16. The molecule has 0 saturated heterocycles. The predicted molar refractivity (Wildman–Crippen MR) is 367 cm³/mol. The highest BCUT2D eigenvalue weighted by molar-refractivity contribution is 7.45. The van der Waals surface area contributed by atoms with Crippen LogP contribution in [0.5, 0.6) is 0 Å². The Morgan fingerprint density at radius 2 is 0.718 bits per heavy atom. The second-order valence-electron chi connectivity index (χ2n) is 24.7. The van der Waals surface area contributed by atoms with Gasteiger partial charge in [0.05, 0.1) is 33.8 Å². The summed E-state index contributed by atoms with van der Waals surface area (Å²) in [5.74, 6) is -0.580. The molecule has 1 amide bonds. The lowest BCUT2D eigenvalue weighted by molar-refractivity contribution is -0.870. The number of hydrogen-bond donors (Lipinski definition) is 1. The Morgan fingerprint density at radius 1 is 0.412 bits per heavy atom. The van der Waals surface area contributed by atoms with E-state index in [4.69, 9.17) is 13.8 Å². The predicted octanol–water partition coefficient (Wildman–Crippen LogP) is 21.8. The molecule has 0 radical (unpaired) electrons. The van der Waals surface area contributed by atoms with Gasteiger partial charge < -0.3 is 28.5 Å². The summed E-state index contributed by atoms with van der Waals surface area (Å²) in [7, 11) is 1.16. The number of carbonyl (C=O) groups is 2. The number of rotatable bonds is 63. The largest absolute Gasteiger partial charge is 0.756 e. The average Bonchev–Trinajstić information content (AvgIpc) is 3.53. The highest BCUT2D eigenvalue weighted by Gasteiger charge is 2.27. The first-order valence-corrected chi connectivity index (χ1v) is 36.7. The molecule has 3 atom stereocenters. The summed E-state index contributed by atoms with van der Waals surface area (Å²) in [5.41, 5.74) is 0. The number of allylic oxidation sites excluding steroid dienone is 17. The van der Waals surface area contributed by atoms with E-state index in [1.54, 1.807) is 0 Å². The Bertz CT molecular complexity index is 1820. The zero-order valence-corrected chi connectivity index (χ0v) is 56.9. The van der Waals surface area contributed by atoms with Crippen LogP contribution in [0.1, 0.15) is 303 Å². The third-order valence-corrected chi connectivity index (χ3v) is 16.1. The summed E-state index contributed by atoms with van der Waals surface area (Å²) in [6, 6.07) is -0.911. The fraction of sp³-hybridized carbons (Fsp3) is 0.733. The quantitative estimate of drug-likeness (QED) is 0.0212. The van der Waals surface area contributed by atoms with E-state index in [1.165, 1.54) is 161 Å². The molecular formula is C75H133N2O7P. The fourth-order valence-electron chi connectivity index (χ4n) is 9.72. The molecule has 10 heteroatoms. The third kappa shape index (κ3) is 65.0. The Hall–Kier alpha value is -3.33. The number of carbonyl (C=O) groups excluding carboxylic acids is 2. The number of phosphoric ester groups is 1. The number of quaternary nitrogens is 1. The van der Waals surface area contributed by atoms with Crippen LogP contribution in [0.25, 0.3) is 0 Å². The van der Waals surface area contributed by atoms with Crippen LogP contribution in [0.2, 0.25) is 0 Å². The van der Waals surface area contributed by atoms with E-state index in [-0.39, 0.29) is 24.9 Å². The number of esters is 1. The molecule has 0 aromatic carbocycles. The molecule has 9 nitrogen and oxygen atoms in total. The van der Waals surface area contributed by atoms with Gasteiger partial charge in [-0.2, -0.15) is 0 Å². The Kier molecular flexibility index (Phi) is 61.2. The van der Waals surface area contributed by atoms with E-state index in [2.05, 4.69) is 123 Å². The van der Waals surface area contributed by atoms with Crippen molar-refractivity contribution in [1.82, 2.24) is 5.32 Å². The topological polar surface area (TPSA) is 114 Å². The van der Waals surface area contributed by atoms with Crippen LogP contribution in [-0.2, 0) is 27.9 Å². The van der Waals surface area contributed by atoms with Crippen molar-refractivity contribution in [1.29, 1.82) is 0 Å². The fourth-order valence-corrected chi connectivity index (χ4v) is 10.4. The van der Waals surface area contributed by atoms with Crippen molar-refractivity contribution < 1.29 is 37.3 Å². The molecule has 0 rings (SSSR count). The second-order valence-corrected chi connectivity index (χ2v) is 26.1. The highest BCUT2D eigenvalue weighted by atomic mass is 31.2. The van der Waals surface area contributed by atoms with Gasteiger partial charge in [0.1, 0.15) is 19.3 Å². The number of nitrogens with one attached hydrogen (secondary N) is 1. The number of ether oxygens (including phenoxy) is 1. The molecule has 0 aromatic rings. The van der Waals surface area contributed by atoms with E-state index in [1.807, 2.05) is 33.3 Å². The molecule has 0 heterocycles. The van der Waals surface area contributed by atoms with E-state index in [0.29, 0.717) is 23.9 Å². The number of amides is 1. The molecule has 0 aliphatic carbocycles. The van der Waals surface area contributed by atoms with Crippen LogP contribution < -0.4 is 10.2 Å². The lowest BCUT2D eigenvalue weighted by Crippen LogP contribution is -2.47. The highest BCUT2D eigenvalue weighted by Crippen LogP contribution is 2.38. The molecule has 1 N–H and O–H groups in total. The zero-order valence-electron chi connectivity index (χ0n) is 56.0. The third-order valence-electron chi connectivity index (χ3n) is 15.2. The number of nitrogens with zero attached hydrogens (tertiary/aromatic N) is 1. The first-order chi connectivity index (χ1) is 41.4. The maximum absolute atomic E-state index is 13.6. The average molecular weight is 1210 g/mol. The van der Waals surface area contributed by atoms with Crippen molar-refractivity contribution in [2.75, 3.05) is 40.9 Å². The monoisotopic (exact) mass is 1200 g/mol. The van der Waals surface area contributed by atoms with Gasteiger partial charge in [-0.05, 0) is 122 Å². The molecule has 0 aliphatic rings. The SMILES string of the molecule is CCCCC/C=C\C/C=C\C/C=C\C/C=C\CCCCCCCCCCCCCC(=O)NC(COP(=O)([O-])OCC[N+](C)(C)C)C(/C=C\CCCCCCCCCCCCC)OC(=O)CCCCC/C=C\C/C=C\C/C=C\C/C=C\CCCCC. The zero-order chi connectivity index (χ0) is 62.1. The molecule has 0 aromatic heterocycles.